The second-order valence-electron chi connectivity index (χ2n) is 20.0. The molecule has 0 N–H and O–H groups in total. The van der Waals surface area contributed by atoms with Crippen LogP contribution in [0.2, 0.25) is 0 Å². The van der Waals surface area contributed by atoms with Crippen molar-refractivity contribution < 1.29 is 25.9 Å². The minimum atomic E-state index is -4.43. The smallest absolute Gasteiger partial charge is 0.744 e. The van der Waals surface area contributed by atoms with Crippen LogP contribution >= 0.6 is 0 Å². The number of hydrogen-bond donors (Lipinski definition) is 0. The third-order valence-electron chi connectivity index (χ3n) is 14.1. The molecule has 0 aliphatic carbocycles. The van der Waals surface area contributed by atoms with Crippen molar-refractivity contribution in [1.29, 1.82) is 0 Å². The molecule has 0 unspecified atom stereocenters. The summed E-state index contributed by atoms with van der Waals surface area (Å²) >= 11 is 0. The first-order valence-corrected chi connectivity index (χ1v) is 30.8. The number of aryl methyl sites for hydroxylation is 4. The average Bonchev–Trinajstić information content (AvgIpc) is 3.32. The van der Waals surface area contributed by atoms with E-state index >= 15 is 0 Å². The first-order valence-electron chi connectivity index (χ1n) is 27.9. The van der Waals surface area contributed by atoms with Crippen LogP contribution < -0.4 is 0 Å². The molecule has 384 valence electrons. The van der Waals surface area contributed by atoms with Crippen LogP contribution in [0.1, 0.15) is 255 Å². The van der Waals surface area contributed by atoms with E-state index in [1.807, 2.05) is 24.3 Å². The van der Waals surface area contributed by atoms with Crippen LogP contribution in [0.5, 0.6) is 0 Å². The van der Waals surface area contributed by atoms with Crippen LogP contribution in [0.15, 0.2) is 70.5 Å². The Morgan fingerprint density at radius 1 is 0.319 bits per heavy atom. The molecule has 4 rings (SSSR count). The van der Waals surface area contributed by atoms with Gasteiger partial charge in [-0.15, -0.1) is 0 Å². The van der Waals surface area contributed by atoms with E-state index in [-0.39, 0.29) is 58.7 Å². The number of benzene rings is 4. The van der Waals surface area contributed by atoms with Gasteiger partial charge in [0, 0.05) is 0 Å². The molecule has 0 aliphatic rings. The fourth-order valence-corrected chi connectivity index (χ4v) is 11.0. The van der Waals surface area contributed by atoms with Gasteiger partial charge in [0.1, 0.15) is 20.2 Å². The average molecular weight is 1110 g/mol. The summed E-state index contributed by atoms with van der Waals surface area (Å²) in [5.41, 5.74) is 5.53. The quantitative estimate of drug-likeness (QED) is 0.0251. The van der Waals surface area contributed by atoms with Crippen molar-refractivity contribution >= 4 is 90.7 Å². The molecule has 0 bridgehead atoms. The SMILES string of the molecule is CCCCCCCCCCc1ccc2cc(S(=O)(=O)[O-])ccc2c1CCCCCCCCCC.CCCCCCCCCCc1ccc2cc(S(=O)(=O)[O-])ccc2c1CCCCCCCCCC.[Ba+2]. The van der Waals surface area contributed by atoms with Gasteiger partial charge in [0.2, 0.25) is 0 Å². The van der Waals surface area contributed by atoms with E-state index in [1.54, 1.807) is 12.1 Å². The van der Waals surface area contributed by atoms with Crippen LogP contribution in [0.4, 0.5) is 0 Å². The maximum atomic E-state index is 11.5. The molecular formula is C60H94BaO6S2. The molecule has 9 heteroatoms. The largest absolute Gasteiger partial charge is 2.00 e. The molecule has 0 aromatic heterocycles. The maximum Gasteiger partial charge on any atom is 2.00 e. The summed E-state index contributed by atoms with van der Waals surface area (Å²) in [7, 11) is -8.86. The van der Waals surface area contributed by atoms with Crippen LogP contribution in [-0.4, -0.2) is 74.8 Å². The van der Waals surface area contributed by atoms with E-state index < -0.39 is 20.2 Å². The number of hydrogen-bond acceptors (Lipinski definition) is 6. The Morgan fingerprint density at radius 3 is 0.826 bits per heavy atom. The first-order chi connectivity index (χ1) is 32.9. The van der Waals surface area contributed by atoms with Crippen molar-refractivity contribution in [2.45, 2.75) is 269 Å². The number of fused-ring (bicyclic) bond motifs is 2. The van der Waals surface area contributed by atoms with Gasteiger partial charge in [-0.05, 0) is 119 Å². The predicted molar refractivity (Wildman–Crippen MR) is 295 cm³/mol. The molecule has 0 radical (unpaired) electrons. The topological polar surface area (TPSA) is 114 Å². The van der Waals surface area contributed by atoms with Gasteiger partial charge >= 0.3 is 48.9 Å². The molecular weight excluding hydrogens is 1020 g/mol. The van der Waals surface area contributed by atoms with Crippen LogP contribution in [-0.2, 0) is 45.9 Å². The Morgan fingerprint density at radius 2 is 0.565 bits per heavy atom. The molecule has 0 spiro atoms. The molecule has 0 saturated heterocycles. The Balaban J connectivity index is 0.000000467. The van der Waals surface area contributed by atoms with Gasteiger partial charge in [0.15, 0.2) is 0 Å². The van der Waals surface area contributed by atoms with E-state index in [2.05, 4.69) is 39.8 Å². The molecule has 4 aromatic carbocycles. The summed E-state index contributed by atoms with van der Waals surface area (Å²) in [6, 6.07) is 18.1. The predicted octanol–water partition coefficient (Wildman–Crippen LogP) is 17.8. The van der Waals surface area contributed by atoms with Gasteiger partial charge in [-0.2, -0.15) is 0 Å². The zero-order valence-electron chi connectivity index (χ0n) is 44.2. The van der Waals surface area contributed by atoms with Gasteiger partial charge in [0.05, 0.1) is 9.79 Å². The third kappa shape index (κ3) is 26.5. The van der Waals surface area contributed by atoms with Gasteiger partial charge in [-0.25, -0.2) is 16.8 Å². The van der Waals surface area contributed by atoms with E-state index in [4.69, 9.17) is 0 Å². The minimum absolute atomic E-state index is 0. The van der Waals surface area contributed by atoms with Crippen molar-refractivity contribution in [2.75, 3.05) is 0 Å². The Bertz CT molecular complexity index is 2030. The summed E-state index contributed by atoms with van der Waals surface area (Å²) in [4.78, 5) is -0.261. The fourth-order valence-electron chi connectivity index (χ4n) is 9.97. The monoisotopic (exact) mass is 1110 g/mol. The second kappa shape index (κ2) is 38.4. The van der Waals surface area contributed by atoms with Gasteiger partial charge < -0.3 is 9.11 Å². The van der Waals surface area contributed by atoms with Crippen molar-refractivity contribution in [1.82, 2.24) is 0 Å². The molecule has 0 aliphatic heterocycles. The van der Waals surface area contributed by atoms with Crippen molar-refractivity contribution in [3.63, 3.8) is 0 Å². The molecule has 0 saturated carbocycles. The molecule has 69 heavy (non-hydrogen) atoms. The summed E-state index contributed by atoms with van der Waals surface area (Å²) in [5.74, 6) is 0. The summed E-state index contributed by atoms with van der Waals surface area (Å²) in [6.07, 6.45) is 46.0. The van der Waals surface area contributed by atoms with Crippen LogP contribution in [0.25, 0.3) is 21.5 Å². The third-order valence-corrected chi connectivity index (χ3v) is 15.8. The zero-order valence-corrected chi connectivity index (χ0v) is 50.3. The van der Waals surface area contributed by atoms with Gasteiger partial charge in [0.25, 0.3) is 0 Å². The van der Waals surface area contributed by atoms with Crippen molar-refractivity contribution in [2.24, 2.45) is 0 Å². The first kappa shape index (κ1) is 63.9. The van der Waals surface area contributed by atoms with E-state index in [9.17, 15) is 25.9 Å². The van der Waals surface area contributed by atoms with E-state index in [0.29, 0.717) is 0 Å². The minimum Gasteiger partial charge on any atom is -0.744 e. The Kier molecular flexibility index (Phi) is 35.5. The Hall–Kier alpha value is -1.21. The molecule has 0 heterocycles. The summed E-state index contributed by atoms with van der Waals surface area (Å²) in [5, 5.41) is 3.97. The van der Waals surface area contributed by atoms with E-state index in [1.165, 1.54) is 240 Å². The fraction of sp³-hybridized carbons (Fsp3) is 0.667. The number of unbranched alkanes of at least 4 members (excludes halogenated alkanes) is 28. The Labute approximate surface area is 463 Å². The summed E-state index contributed by atoms with van der Waals surface area (Å²) in [6.45, 7) is 9.03. The molecule has 0 amide bonds. The van der Waals surface area contributed by atoms with Gasteiger partial charge in [-0.1, -0.05) is 244 Å². The standard InChI is InChI=1S/2C30H48O3S.Ba/c2*1-3-5-7-9-11-13-15-17-19-26-21-22-27-25-28(34(31,32)33)23-24-30(27)29(26)20-18-16-14-12-10-8-6-4-2;/h2*21-25H,3-20H2,1-2H3,(H,31,32,33);/q;;+2/p-2. The normalized spacial score (nSPS) is 11.8. The van der Waals surface area contributed by atoms with Crippen molar-refractivity contribution in [3.8, 4) is 0 Å². The number of rotatable bonds is 38. The molecule has 4 aromatic rings. The van der Waals surface area contributed by atoms with E-state index in [0.717, 1.165) is 47.2 Å². The molecule has 0 atom stereocenters. The molecule has 6 nitrogen and oxygen atoms in total. The van der Waals surface area contributed by atoms with Crippen LogP contribution in [0.3, 0.4) is 0 Å². The van der Waals surface area contributed by atoms with Crippen molar-refractivity contribution in [3.05, 3.63) is 82.9 Å². The zero-order chi connectivity index (χ0) is 49.3. The van der Waals surface area contributed by atoms with Crippen LogP contribution in [0, 0.1) is 0 Å². The van der Waals surface area contributed by atoms with Gasteiger partial charge in [-0.3, -0.25) is 0 Å². The molecule has 0 fully saturated rings. The summed E-state index contributed by atoms with van der Waals surface area (Å²) < 4.78 is 69.0. The maximum absolute atomic E-state index is 11.5. The second-order valence-corrected chi connectivity index (χ2v) is 22.7.